The van der Waals surface area contributed by atoms with Crippen LogP contribution >= 0.6 is 11.6 Å². The third-order valence-corrected chi connectivity index (χ3v) is 7.67. The summed E-state index contributed by atoms with van der Waals surface area (Å²) in [5.74, 6) is -0.517. The second kappa shape index (κ2) is 12.5. The molecule has 2 aromatic carbocycles. The largest absolute Gasteiger partial charge is 0.444 e. The quantitative estimate of drug-likeness (QED) is 0.411. The highest BCUT2D eigenvalue weighted by Gasteiger charge is 2.32. The first-order valence-corrected chi connectivity index (χ1v) is 14.8. The van der Waals surface area contributed by atoms with E-state index in [1.54, 1.807) is 66.6 Å². The Hall–Kier alpha value is -4.64. The van der Waals surface area contributed by atoms with Crippen LogP contribution in [-0.4, -0.2) is 76.4 Å². The maximum absolute atomic E-state index is 13.3. The number of aromatic nitrogens is 1. The zero-order chi connectivity index (χ0) is 31.6. The lowest BCUT2D eigenvalue weighted by atomic mass is 10.1. The van der Waals surface area contributed by atoms with E-state index in [1.165, 1.54) is 4.90 Å². The number of piperazine rings is 1. The van der Waals surface area contributed by atoms with E-state index in [1.807, 2.05) is 26.8 Å². The zero-order valence-electron chi connectivity index (χ0n) is 25.1. The van der Waals surface area contributed by atoms with Crippen molar-refractivity contribution < 1.29 is 23.9 Å². The molecule has 1 unspecified atom stereocenters. The van der Waals surface area contributed by atoms with Crippen LogP contribution in [0.1, 0.15) is 54.0 Å². The number of carbonyl (C=O) groups excluding carboxylic acids is 4. The Labute approximate surface area is 261 Å². The first-order valence-electron chi connectivity index (χ1n) is 14.4. The summed E-state index contributed by atoms with van der Waals surface area (Å²) in [6.07, 6.45) is 1.39. The van der Waals surface area contributed by atoms with Gasteiger partial charge in [0.1, 0.15) is 17.5 Å². The molecule has 2 aliphatic rings. The number of hydrogen-bond donors (Lipinski definition) is 2. The van der Waals surface area contributed by atoms with E-state index in [9.17, 15) is 19.2 Å². The van der Waals surface area contributed by atoms with Gasteiger partial charge in [0, 0.05) is 43.3 Å². The molecule has 4 amide bonds. The van der Waals surface area contributed by atoms with Crippen molar-refractivity contribution in [3.63, 3.8) is 0 Å². The van der Waals surface area contributed by atoms with Gasteiger partial charge in [-0.15, -0.1) is 0 Å². The average Bonchev–Trinajstić information content (AvgIpc) is 3.07. The second-order valence-corrected chi connectivity index (χ2v) is 12.2. The Morgan fingerprint density at radius 2 is 1.73 bits per heavy atom. The third-order valence-electron chi connectivity index (χ3n) is 7.43. The van der Waals surface area contributed by atoms with Gasteiger partial charge < -0.3 is 30.1 Å². The summed E-state index contributed by atoms with van der Waals surface area (Å²) >= 11 is 6.06. The van der Waals surface area contributed by atoms with E-state index in [0.717, 1.165) is 11.3 Å². The highest BCUT2D eigenvalue weighted by molar-refractivity contribution is 6.31. The molecule has 0 saturated carbocycles. The van der Waals surface area contributed by atoms with Crippen LogP contribution in [-0.2, 0) is 16.1 Å². The third kappa shape index (κ3) is 7.11. The minimum Gasteiger partial charge on any atom is -0.444 e. The number of fused-ring (bicyclic) bond motifs is 1. The second-order valence-electron chi connectivity index (χ2n) is 11.8. The van der Waals surface area contributed by atoms with Crippen LogP contribution in [0.3, 0.4) is 0 Å². The Morgan fingerprint density at radius 1 is 1.02 bits per heavy atom. The molecule has 12 heteroatoms. The number of nitrogens with zero attached hydrogens (tertiary/aromatic N) is 4. The first-order chi connectivity index (χ1) is 20.9. The van der Waals surface area contributed by atoms with Crippen LogP contribution in [0.25, 0.3) is 0 Å². The molecule has 3 aromatic rings. The van der Waals surface area contributed by atoms with Crippen molar-refractivity contribution in [1.82, 2.24) is 14.8 Å². The van der Waals surface area contributed by atoms with Crippen molar-refractivity contribution in [3.8, 4) is 0 Å². The first kappa shape index (κ1) is 30.8. The molecule has 0 spiro atoms. The van der Waals surface area contributed by atoms with Crippen molar-refractivity contribution in [1.29, 1.82) is 0 Å². The zero-order valence-corrected chi connectivity index (χ0v) is 25.9. The highest BCUT2D eigenvalue weighted by atomic mass is 35.5. The number of benzene rings is 2. The molecule has 1 atom stereocenters. The molecular formula is C32H35ClN6O5. The lowest BCUT2D eigenvalue weighted by Gasteiger charge is -2.36. The normalized spacial score (nSPS) is 17.0. The fourth-order valence-corrected chi connectivity index (χ4v) is 5.16. The minimum atomic E-state index is -0.709. The van der Waals surface area contributed by atoms with Crippen LogP contribution in [0.5, 0.6) is 0 Å². The Morgan fingerprint density at radius 3 is 2.36 bits per heavy atom. The Bertz CT molecular complexity index is 1560. The summed E-state index contributed by atoms with van der Waals surface area (Å²) in [6, 6.07) is 14.6. The van der Waals surface area contributed by atoms with E-state index in [2.05, 4.69) is 20.5 Å². The van der Waals surface area contributed by atoms with Crippen LogP contribution in [0.4, 0.5) is 22.0 Å². The number of ether oxygens (including phenoxy) is 1. The predicted molar refractivity (Wildman–Crippen MR) is 168 cm³/mol. The molecule has 1 saturated heterocycles. The summed E-state index contributed by atoms with van der Waals surface area (Å²) < 4.78 is 5.46. The van der Waals surface area contributed by atoms with Crippen LogP contribution in [0.2, 0.25) is 5.02 Å². The van der Waals surface area contributed by atoms with Gasteiger partial charge in [-0.3, -0.25) is 14.4 Å². The van der Waals surface area contributed by atoms with Crippen molar-refractivity contribution in [2.75, 3.05) is 41.7 Å². The van der Waals surface area contributed by atoms with E-state index in [-0.39, 0.29) is 30.4 Å². The average molecular weight is 619 g/mol. The fourth-order valence-electron chi connectivity index (χ4n) is 4.99. The van der Waals surface area contributed by atoms with Gasteiger partial charge in [0.15, 0.2) is 0 Å². The number of halogens is 1. The number of amides is 4. The van der Waals surface area contributed by atoms with Crippen molar-refractivity contribution in [2.24, 2.45) is 0 Å². The molecule has 2 N–H and O–H groups in total. The van der Waals surface area contributed by atoms with Crippen LogP contribution in [0, 0.1) is 0 Å². The van der Waals surface area contributed by atoms with E-state index >= 15 is 0 Å². The molecular weight excluding hydrogens is 584 g/mol. The van der Waals surface area contributed by atoms with E-state index < -0.39 is 11.6 Å². The van der Waals surface area contributed by atoms with Gasteiger partial charge in [0.05, 0.1) is 23.1 Å². The van der Waals surface area contributed by atoms with Crippen LogP contribution < -0.4 is 15.5 Å². The van der Waals surface area contributed by atoms with Gasteiger partial charge in [-0.05, 0) is 75.7 Å². The molecule has 2 aliphatic heterocycles. The molecule has 0 aliphatic carbocycles. The Kier molecular flexibility index (Phi) is 8.78. The van der Waals surface area contributed by atoms with Crippen molar-refractivity contribution in [2.45, 2.75) is 45.9 Å². The molecule has 1 aromatic heterocycles. The van der Waals surface area contributed by atoms with E-state index in [4.69, 9.17) is 16.3 Å². The van der Waals surface area contributed by atoms with Gasteiger partial charge in [-0.2, -0.15) is 0 Å². The highest BCUT2D eigenvalue weighted by Crippen LogP contribution is 2.28. The molecule has 5 rings (SSSR count). The molecule has 0 radical (unpaired) electrons. The summed E-state index contributed by atoms with van der Waals surface area (Å²) in [4.78, 5) is 61.0. The smallest absolute Gasteiger partial charge is 0.410 e. The van der Waals surface area contributed by atoms with Crippen LogP contribution in [0.15, 0.2) is 60.8 Å². The number of hydrogen-bond acceptors (Lipinski definition) is 7. The summed E-state index contributed by atoms with van der Waals surface area (Å²) in [5.41, 5.74) is 2.30. The van der Waals surface area contributed by atoms with Gasteiger partial charge in [-0.25, -0.2) is 9.78 Å². The summed E-state index contributed by atoms with van der Waals surface area (Å²) in [7, 11) is 0. The van der Waals surface area contributed by atoms with Gasteiger partial charge in [0.25, 0.3) is 11.8 Å². The molecule has 44 heavy (non-hydrogen) atoms. The standard InChI is InChI=1S/C32H35ClN6O5/c1-20-28(40)35-26-17-23(33)9-11-25(26)30(42)39(20)19-21-5-7-22(8-6-21)29(41)36-27-12-10-24(18-34-27)37-13-15-38(16-14-37)31(43)44-32(2,3)4/h5-12,17-18,20H,13-16,19H2,1-4H3,(H,35,40)(H,34,36,41). The number of pyridine rings is 1. The Balaban J connectivity index is 1.17. The number of nitrogens with one attached hydrogen (secondary N) is 2. The van der Waals surface area contributed by atoms with Crippen molar-refractivity contribution >= 4 is 52.6 Å². The maximum atomic E-state index is 13.3. The summed E-state index contributed by atoms with van der Waals surface area (Å²) in [5, 5.41) is 6.01. The summed E-state index contributed by atoms with van der Waals surface area (Å²) in [6.45, 7) is 9.79. The molecule has 11 nitrogen and oxygen atoms in total. The molecule has 3 heterocycles. The van der Waals surface area contributed by atoms with Gasteiger partial charge in [-0.1, -0.05) is 23.7 Å². The maximum Gasteiger partial charge on any atom is 0.410 e. The molecule has 1 fully saturated rings. The predicted octanol–water partition coefficient (Wildman–Crippen LogP) is 5.03. The van der Waals surface area contributed by atoms with E-state index in [0.29, 0.717) is 53.8 Å². The lowest BCUT2D eigenvalue weighted by Crippen LogP contribution is -2.50. The lowest BCUT2D eigenvalue weighted by molar-refractivity contribution is -0.120. The minimum absolute atomic E-state index is 0.187. The van der Waals surface area contributed by atoms with Crippen molar-refractivity contribution in [3.05, 3.63) is 82.5 Å². The fraction of sp³-hybridized carbons (Fsp3) is 0.344. The number of anilines is 3. The molecule has 0 bridgehead atoms. The number of rotatable bonds is 5. The topological polar surface area (TPSA) is 124 Å². The SMILES string of the molecule is CC1C(=O)Nc2cc(Cl)ccc2C(=O)N1Cc1ccc(C(=O)Nc2ccc(N3CCN(C(=O)OC(C)(C)C)CC3)cn2)cc1. The monoisotopic (exact) mass is 618 g/mol. The molecule has 230 valence electrons. The van der Waals surface area contributed by atoms with Gasteiger partial charge >= 0.3 is 6.09 Å². The van der Waals surface area contributed by atoms with Gasteiger partial charge in [0.2, 0.25) is 5.91 Å². The number of carbonyl (C=O) groups is 4.